The Morgan fingerprint density at radius 2 is 1.56 bits per heavy atom. The molecule has 1 aromatic rings. The molecule has 10 nitrogen and oxygen atoms in total. The summed E-state index contributed by atoms with van der Waals surface area (Å²) < 4.78 is 27.9. The van der Waals surface area contributed by atoms with Crippen LogP contribution < -0.4 is 10.1 Å². The summed E-state index contributed by atoms with van der Waals surface area (Å²) in [7, 11) is 0. The predicted octanol–water partition coefficient (Wildman–Crippen LogP) is 1.34. The number of aryl methyl sites for hydroxylation is 2. The molecule has 0 bridgehead atoms. The van der Waals surface area contributed by atoms with Crippen molar-refractivity contribution >= 4 is 23.8 Å². The van der Waals surface area contributed by atoms with Gasteiger partial charge < -0.3 is 29.0 Å². The normalized spacial score (nSPS) is 24.8. The number of ether oxygens (including phenoxy) is 5. The smallest absolute Gasteiger partial charge is 0.303 e. The first-order valence-corrected chi connectivity index (χ1v) is 10.1. The summed E-state index contributed by atoms with van der Waals surface area (Å²) in [5.74, 6) is -1.86. The molecular formula is C22H29NO9. The Bertz CT molecular complexity index is 869. The summed E-state index contributed by atoms with van der Waals surface area (Å²) in [6.07, 6.45) is -4.49. The van der Waals surface area contributed by atoms with Crippen molar-refractivity contribution in [2.75, 3.05) is 6.61 Å². The Balaban J connectivity index is 2.49. The summed E-state index contributed by atoms with van der Waals surface area (Å²) in [5, 5.41) is 2.67. The molecular weight excluding hydrogens is 422 g/mol. The molecule has 1 heterocycles. The predicted molar refractivity (Wildman–Crippen MR) is 111 cm³/mol. The zero-order valence-electron chi connectivity index (χ0n) is 19.0. The summed E-state index contributed by atoms with van der Waals surface area (Å²) in [5.41, 5.74) is 1.74. The van der Waals surface area contributed by atoms with Crippen molar-refractivity contribution in [3.63, 3.8) is 0 Å². The number of carbonyl (C=O) groups excluding carboxylic acids is 4. The first kappa shape index (κ1) is 25.1. The molecule has 176 valence electrons. The molecule has 1 aliphatic heterocycles. The molecule has 0 unspecified atom stereocenters. The van der Waals surface area contributed by atoms with Crippen LogP contribution in [0, 0.1) is 13.8 Å². The molecule has 0 saturated carbocycles. The second kappa shape index (κ2) is 10.9. The Morgan fingerprint density at radius 1 is 0.938 bits per heavy atom. The van der Waals surface area contributed by atoms with Crippen LogP contribution in [0.5, 0.6) is 5.75 Å². The lowest BCUT2D eigenvalue weighted by molar-refractivity contribution is -0.257. The average molecular weight is 451 g/mol. The molecule has 1 aromatic carbocycles. The maximum absolute atomic E-state index is 11.9. The number of nitrogens with one attached hydrogen (secondary N) is 1. The van der Waals surface area contributed by atoms with E-state index in [4.69, 9.17) is 23.7 Å². The number of hydrogen-bond acceptors (Lipinski definition) is 9. The molecule has 2 rings (SSSR count). The maximum Gasteiger partial charge on any atom is 0.303 e. The van der Waals surface area contributed by atoms with E-state index >= 15 is 0 Å². The molecule has 32 heavy (non-hydrogen) atoms. The van der Waals surface area contributed by atoms with Gasteiger partial charge in [0.05, 0.1) is 0 Å². The van der Waals surface area contributed by atoms with E-state index in [-0.39, 0.29) is 6.61 Å². The van der Waals surface area contributed by atoms with E-state index in [0.29, 0.717) is 5.75 Å². The van der Waals surface area contributed by atoms with Crippen LogP contribution in [-0.2, 0) is 38.1 Å². The molecule has 0 aromatic heterocycles. The summed E-state index contributed by atoms with van der Waals surface area (Å²) in [6.45, 7) is 8.31. The minimum Gasteiger partial charge on any atom is -0.463 e. The molecule has 5 atom stereocenters. The van der Waals surface area contributed by atoms with Crippen molar-refractivity contribution in [1.82, 2.24) is 5.32 Å². The van der Waals surface area contributed by atoms with Crippen molar-refractivity contribution in [1.29, 1.82) is 0 Å². The fraction of sp³-hybridized carbons (Fsp3) is 0.545. The van der Waals surface area contributed by atoms with Gasteiger partial charge in [-0.15, -0.1) is 0 Å². The van der Waals surface area contributed by atoms with Gasteiger partial charge in [0.25, 0.3) is 0 Å². The molecule has 1 aliphatic rings. The molecule has 1 N–H and O–H groups in total. The second-order valence-corrected chi connectivity index (χ2v) is 7.61. The maximum atomic E-state index is 11.9. The van der Waals surface area contributed by atoms with Crippen molar-refractivity contribution in [2.45, 2.75) is 72.2 Å². The number of rotatable bonds is 7. The standard InChI is InChI=1S/C22H29NO9/c1-11-7-8-12(2)17(9-11)31-22-19(23-13(3)24)21(30-16(6)27)20(29-15(5)26)18(32-22)10-28-14(4)25/h7-9,18-22H,10H2,1-6H3,(H,23,24)/t18-,19-,20+,21+,22-/m0/s1. The summed E-state index contributed by atoms with van der Waals surface area (Å²) >= 11 is 0. The van der Waals surface area contributed by atoms with Crippen LogP contribution in [0.3, 0.4) is 0 Å². The molecule has 1 amide bonds. The third kappa shape index (κ3) is 6.94. The summed E-state index contributed by atoms with van der Waals surface area (Å²) in [4.78, 5) is 47.0. The number of esters is 3. The minimum absolute atomic E-state index is 0.287. The highest BCUT2D eigenvalue weighted by atomic mass is 16.7. The van der Waals surface area contributed by atoms with Crippen molar-refractivity contribution in [2.24, 2.45) is 0 Å². The van der Waals surface area contributed by atoms with Crippen LogP contribution in [0.4, 0.5) is 0 Å². The minimum atomic E-state index is -1.16. The van der Waals surface area contributed by atoms with Gasteiger partial charge >= 0.3 is 17.9 Å². The first-order valence-electron chi connectivity index (χ1n) is 10.1. The third-order valence-electron chi connectivity index (χ3n) is 4.66. The topological polar surface area (TPSA) is 126 Å². The Labute approximate surface area is 186 Å². The first-order chi connectivity index (χ1) is 15.0. The Hall–Kier alpha value is -3.14. The highest BCUT2D eigenvalue weighted by Crippen LogP contribution is 2.30. The van der Waals surface area contributed by atoms with Gasteiger partial charge in [-0.2, -0.15) is 0 Å². The van der Waals surface area contributed by atoms with E-state index in [1.165, 1.54) is 27.7 Å². The third-order valence-corrected chi connectivity index (χ3v) is 4.66. The molecule has 1 fully saturated rings. The van der Waals surface area contributed by atoms with E-state index < -0.39 is 54.5 Å². The van der Waals surface area contributed by atoms with Gasteiger partial charge in [-0.05, 0) is 31.0 Å². The molecule has 10 heteroatoms. The number of amides is 1. The Morgan fingerprint density at radius 3 is 2.12 bits per heavy atom. The summed E-state index contributed by atoms with van der Waals surface area (Å²) in [6, 6.07) is 4.55. The van der Waals surface area contributed by atoms with Gasteiger partial charge in [0.15, 0.2) is 12.2 Å². The average Bonchev–Trinajstić information content (AvgIpc) is 2.66. The van der Waals surface area contributed by atoms with Gasteiger partial charge in [0.2, 0.25) is 12.2 Å². The Kier molecular flexibility index (Phi) is 8.59. The fourth-order valence-electron chi connectivity index (χ4n) is 3.35. The molecule has 0 spiro atoms. The van der Waals surface area contributed by atoms with E-state index in [1.807, 2.05) is 26.0 Å². The lowest BCUT2D eigenvalue weighted by atomic mass is 9.96. The van der Waals surface area contributed by atoms with Crippen LogP contribution in [0.25, 0.3) is 0 Å². The van der Waals surface area contributed by atoms with E-state index in [9.17, 15) is 19.2 Å². The van der Waals surface area contributed by atoms with Crippen molar-refractivity contribution < 1.29 is 42.9 Å². The molecule has 0 radical (unpaired) electrons. The second-order valence-electron chi connectivity index (χ2n) is 7.61. The monoisotopic (exact) mass is 451 g/mol. The lowest BCUT2D eigenvalue weighted by Crippen LogP contribution is -2.67. The van der Waals surface area contributed by atoms with Crippen LogP contribution in [-0.4, -0.2) is 61.1 Å². The van der Waals surface area contributed by atoms with Crippen LogP contribution in [0.15, 0.2) is 18.2 Å². The zero-order chi connectivity index (χ0) is 24.0. The van der Waals surface area contributed by atoms with Gasteiger partial charge in [0.1, 0.15) is 24.5 Å². The van der Waals surface area contributed by atoms with Crippen LogP contribution in [0.1, 0.15) is 38.8 Å². The number of hydrogen-bond donors (Lipinski definition) is 1. The SMILES string of the molecule is CC(=O)N[C@@H]1[C@@H](Oc2cc(C)ccc2C)O[C@@H](COC(C)=O)[C@@H](OC(C)=O)[C@@H]1OC(C)=O. The van der Waals surface area contributed by atoms with Crippen LogP contribution >= 0.6 is 0 Å². The van der Waals surface area contributed by atoms with Gasteiger partial charge in [-0.3, -0.25) is 19.2 Å². The van der Waals surface area contributed by atoms with Crippen molar-refractivity contribution in [3.05, 3.63) is 29.3 Å². The van der Waals surface area contributed by atoms with E-state index in [1.54, 1.807) is 6.07 Å². The van der Waals surface area contributed by atoms with E-state index in [0.717, 1.165) is 11.1 Å². The van der Waals surface area contributed by atoms with Crippen LogP contribution in [0.2, 0.25) is 0 Å². The quantitative estimate of drug-likeness (QED) is 0.483. The van der Waals surface area contributed by atoms with Gasteiger partial charge in [0, 0.05) is 27.7 Å². The highest BCUT2D eigenvalue weighted by Gasteiger charge is 2.52. The lowest BCUT2D eigenvalue weighted by Gasteiger charge is -2.44. The largest absolute Gasteiger partial charge is 0.463 e. The zero-order valence-corrected chi connectivity index (χ0v) is 19.0. The molecule has 0 aliphatic carbocycles. The van der Waals surface area contributed by atoms with Gasteiger partial charge in [-0.1, -0.05) is 12.1 Å². The van der Waals surface area contributed by atoms with Gasteiger partial charge in [-0.25, -0.2) is 0 Å². The number of carbonyl (C=O) groups is 4. The van der Waals surface area contributed by atoms with Crippen molar-refractivity contribution in [3.8, 4) is 5.75 Å². The fourth-order valence-corrected chi connectivity index (χ4v) is 3.35. The number of benzene rings is 1. The van der Waals surface area contributed by atoms with E-state index in [2.05, 4.69) is 5.32 Å². The molecule has 1 saturated heterocycles. The highest BCUT2D eigenvalue weighted by molar-refractivity contribution is 5.73.